The molecule has 1 N–H and O–H groups in total. The van der Waals surface area contributed by atoms with Crippen LogP contribution in [-0.2, 0) is 26.2 Å². The SMILES string of the molecule is CC[C@@H](C(=O)NC1CCCCC1)N(Cc1cccc(OC)c1)C(=O)CN(c1ccc(OC)c(OC)c1)S(C)(=O)=O. The highest BCUT2D eigenvalue weighted by molar-refractivity contribution is 7.92. The highest BCUT2D eigenvalue weighted by Crippen LogP contribution is 2.32. The van der Waals surface area contributed by atoms with Crippen LogP contribution in [0, 0.1) is 0 Å². The van der Waals surface area contributed by atoms with Gasteiger partial charge in [-0.2, -0.15) is 0 Å². The van der Waals surface area contributed by atoms with E-state index >= 15 is 0 Å². The number of amides is 2. The topological polar surface area (TPSA) is 114 Å². The predicted molar refractivity (Wildman–Crippen MR) is 154 cm³/mol. The summed E-state index contributed by atoms with van der Waals surface area (Å²) < 4.78 is 42.8. The van der Waals surface area contributed by atoms with Crippen molar-refractivity contribution in [2.45, 2.75) is 64.1 Å². The van der Waals surface area contributed by atoms with Crippen LogP contribution < -0.4 is 23.8 Å². The molecule has 0 heterocycles. The van der Waals surface area contributed by atoms with Crippen LogP contribution in [0.5, 0.6) is 17.2 Å². The monoisotopic (exact) mass is 575 g/mol. The van der Waals surface area contributed by atoms with Gasteiger partial charge in [-0.15, -0.1) is 0 Å². The van der Waals surface area contributed by atoms with Gasteiger partial charge in [0.25, 0.3) is 0 Å². The van der Waals surface area contributed by atoms with Gasteiger partial charge in [0, 0.05) is 18.7 Å². The van der Waals surface area contributed by atoms with Gasteiger partial charge in [0.05, 0.1) is 33.3 Å². The molecule has 0 aromatic heterocycles. The Hall–Kier alpha value is -3.47. The molecule has 0 aliphatic heterocycles. The number of nitrogens with zero attached hydrogens (tertiary/aromatic N) is 2. The van der Waals surface area contributed by atoms with E-state index in [2.05, 4.69) is 5.32 Å². The van der Waals surface area contributed by atoms with Crippen LogP contribution in [0.4, 0.5) is 5.69 Å². The highest BCUT2D eigenvalue weighted by Gasteiger charge is 2.33. The molecule has 0 spiro atoms. The maximum absolute atomic E-state index is 14.0. The molecule has 2 aromatic rings. The van der Waals surface area contributed by atoms with Gasteiger partial charge in [0.15, 0.2) is 11.5 Å². The lowest BCUT2D eigenvalue weighted by atomic mass is 9.95. The number of methoxy groups -OCH3 is 3. The Labute approximate surface area is 237 Å². The van der Waals surface area contributed by atoms with Crippen LogP contribution in [0.2, 0.25) is 0 Å². The molecule has 1 fully saturated rings. The van der Waals surface area contributed by atoms with Crippen molar-refractivity contribution in [2.24, 2.45) is 0 Å². The van der Waals surface area contributed by atoms with Crippen LogP contribution in [0.3, 0.4) is 0 Å². The molecular weight excluding hydrogens is 534 g/mol. The number of carbonyl (C=O) groups is 2. The summed E-state index contributed by atoms with van der Waals surface area (Å²) in [5, 5.41) is 3.14. The number of anilines is 1. The molecule has 3 rings (SSSR count). The molecule has 1 aliphatic carbocycles. The molecule has 0 bridgehead atoms. The maximum Gasteiger partial charge on any atom is 0.244 e. The quantitative estimate of drug-likeness (QED) is 0.387. The zero-order valence-corrected chi connectivity index (χ0v) is 24.8. The van der Waals surface area contributed by atoms with Crippen LogP contribution >= 0.6 is 0 Å². The smallest absolute Gasteiger partial charge is 0.244 e. The molecule has 2 amide bonds. The number of benzene rings is 2. The number of sulfonamides is 1. The van der Waals surface area contributed by atoms with E-state index < -0.39 is 28.5 Å². The van der Waals surface area contributed by atoms with Gasteiger partial charge >= 0.3 is 0 Å². The molecule has 40 heavy (non-hydrogen) atoms. The summed E-state index contributed by atoms with van der Waals surface area (Å²) in [5.74, 6) is 0.632. The standard InChI is InChI=1S/C29H41N3O7S/c1-6-25(29(34)30-22-12-8-7-9-13-22)31(19-21-11-10-14-24(17-21)37-2)28(33)20-32(40(5,35)36)23-15-16-26(38-3)27(18-23)39-4/h10-11,14-18,22,25H,6-9,12-13,19-20H2,1-5H3,(H,30,34)/t25-/m0/s1. The summed E-state index contributed by atoms with van der Waals surface area (Å²) in [7, 11) is 0.606. The first-order chi connectivity index (χ1) is 19.1. The minimum Gasteiger partial charge on any atom is -0.497 e. The van der Waals surface area contributed by atoms with E-state index in [9.17, 15) is 18.0 Å². The fraction of sp³-hybridized carbons (Fsp3) is 0.517. The van der Waals surface area contributed by atoms with Gasteiger partial charge in [-0.25, -0.2) is 8.42 Å². The van der Waals surface area contributed by atoms with E-state index in [1.54, 1.807) is 31.4 Å². The van der Waals surface area contributed by atoms with Gasteiger partial charge in [0.1, 0.15) is 18.3 Å². The Morgan fingerprint density at radius 2 is 1.68 bits per heavy atom. The predicted octanol–water partition coefficient (Wildman–Crippen LogP) is 3.73. The van der Waals surface area contributed by atoms with Crippen LogP contribution in [-0.4, -0.2) is 71.3 Å². The summed E-state index contributed by atoms with van der Waals surface area (Å²) in [4.78, 5) is 28.9. The molecule has 2 aromatic carbocycles. The summed E-state index contributed by atoms with van der Waals surface area (Å²) in [5.41, 5.74) is 1.00. The minimum absolute atomic E-state index is 0.0725. The number of nitrogens with one attached hydrogen (secondary N) is 1. The van der Waals surface area contributed by atoms with Crippen molar-refractivity contribution in [3.05, 3.63) is 48.0 Å². The lowest BCUT2D eigenvalue weighted by Crippen LogP contribution is -2.53. The first-order valence-electron chi connectivity index (χ1n) is 13.5. The van der Waals surface area contributed by atoms with Crippen molar-refractivity contribution in [3.8, 4) is 17.2 Å². The molecule has 0 radical (unpaired) electrons. The lowest BCUT2D eigenvalue weighted by molar-refractivity contribution is -0.140. The third kappa shape index (κ3) is 8.03. The molecule has 1 saturated carbocycles. The van der Waals surface area contributed by atoms with Crippen molar-refractivity contribution in [1.82, 2.24) is 10.2 Å². The Balaban J connectivity index is 1.96. The van der Waals surface area contributed by atoms with Crippen LogP contribution in [0.1, 0.15) is 51.0 Å². The zero-order chi connectivity index (χ0) is 29.3. The third-order valence-corrected chi connectivity index (χ3v) is 8.30. The lowest BCUT2D eigenvalue weighted by Gasteiger charge is -2.34. The van der Waals surface area contributed by atoms with Crippen LogP contribution in [0.15, 0.2) is 42.5 Å². The van der Waals surface area contributed by atoms with Gasteiger partial charge in [-0.1, -0.05) is 38.3 Å². The van der Waals surface area contributed by atoms with E-state index in [0.717, 1.165) is 48.2 Å². The summed E-state index contributed by atoms with van der Waals surface area (Å²) in [6.45, 7) is 1.46. The Kier molecular flexibility index (Phi) is 11.1. The fourth-order valence-corrected chi connectivity index (χ4v) is 5.87. The largest absolute Gasteiger partial charge is 0.497 e. The summed E-state index contributed by atoms with van der Waals surface area (Å²) >= 11 is 0. The average Bonchev–Trinajstić information content (AvgIpc) is 2.95. The van der Waals surface area contributed by atoms with E-state index in [1.807, 2.05) is 19.1 Å². The third-order valence-electron chi connectivity index (χ3n) is 7.16. The first kappa shape index (κ1) is 31.1. The zero-order valence-electron chi connectivity index (χ0n) is 24.0. The second-order valence-electron chi connectivity index (χ2n) is 9.95. The summed E-state index contributed by atoms with van der Waals surface area (Å²) in [6.07, 6.45) is 6.49. The Morgan fingerprint density at radius 1 is 0.975 bits per heavy atom. The van der Waals surface area contributed by atoms with Gasteiger partial charge in [0.2, 0.25) is 21.8 Å². The Bertz CT molecular complexity index is 1260. The number of hydrogen-bond acceptors (Lipinski definition) is 7. The molecule has 10 nitrogen and oxygen atoms in total. The van der Waals surface area contributed by atoms with Crippen molar-refractivity contribution in [2.75, 3.05) is 38.4 Å². The summed E-state index contributed by atoms with van der Waals surface area (Å²) in [6, 6.07) is 11.2. The molecular formula is C29H41N3O7S. The Morgan fingerprint density at radius 3 is 2.27 bits per heavy atom. The number of ether oxygens (including phenoxy) is 3. The molecule has 220 valence electrons. The highest BCUT2D eigenvalue weighted by atomic mass is 32.2. The molecule has 1 aliphatic rings. The van der Waals surface area contributed by atoms with Gasteiger partial charge < -0.3 is 24.4 Å². The fourth-order valence-electron chi connectivity index (χ4n) is 5.03. The molecule has 0 saturated heterocycles. The van der Waals surface area contributed by atoms with Gasteiger partial charge in [-0.3, -0.25) is 13.9 Å². The average molecular weight is 576 g/mol. The second kappa shape index (κ2) is 14.2. The second-order valence-corrected chi connectivity index (χ2v) is 11.9. The molecule has 1 atom stereocenters. The van der Waals surface area contributed by atoms with Crippen molar-refractivity contribution < 1.29 is 32.2 Å². The van der Waals surface area contributed by atoms with E-state index in [1.165, 1.54) is 25.2 Å². The van der Waals surface area contributed by atoms with Crippen molar-refractivity contribution >= 4 is 27.5 Å². The maximum atomic E-state index is 14.0. The van der Waals surface area contributed by atoms with Crippen molar-refractivity contribution in [1.29, 1.82) is 0 Å². The van der Waals surface area contributed by atoms with Crippen molar-refractivity contribution in [3.63, 3.8) is 0 Å². The minimum atomic E-state index is -3.88. The number of carbonyl (C=O) groups excluding carboxylic acids is 2. The number of rotatable bonds is 13. The van der Waals surface area contributed by atoms with Gasteiger partial charge in [-0.05, 0) is 49.1 Å². The van der Waals surface area contributed by atoms with E-state index in [0.29, 0.717) is 23.7 Å². The normalized spacial score (nSPS) is 14.6. The first-order valence-corrected chi connectivity index (χ1v) is 15.4. The molecule has 11 heteroatoms. The van der Waals surface area contributed by atoms with E-state index in [-0.39, 0.29) is 24.2 Å². The van der Waals surface area contributed by atoms with Crippen LogP contribution in [0.25, 0.3) is 0 Å². The molecule has 0 unspecified atom stereocenters. The van der Waals surface area contributed by atoms with E-state index in [4.69, 9.17) is 14.2 Å². The number of hydrogen-bond donors (Lipinski definition) is 1.